The zero-order valence-electron chi connectivity index (χ0n) is 28.9. The van der Waals surface area contributed by atoms with Crippen molar-refractivity contribution in [2.24, 2.45) is 0 Å². The summed E-state index contributed by atoms with van der Waals surface area (Å²) in [6, 6.07) is 62.6. The van der Waals surface area contributed by atoms with E-state index >= 15 is 0 Å². The van der Waals surface area contributed by atoms with Gasteiger partial charge in [-0.2, -0.15) is 0 Å². The standard InChI is InChI=1S/C49H30N2O3/c1-3-12-31(13-4-1)32-22-26-35(27-23-32)51(36-28-24-33(25-29-36)37-18-11-21-43-45(37)39-17-8-10-20-42(39)52-43)47-46-44(54-49(50-46)34-14-5-2-6-15-34)30-40-38-16-7-9-19-41(38)53-48(40)47/h1-30H. The van der Waals surface area contributed by atoms with Crippen molar-refractivity contribution in [2.75, 3.05) is 4.90 Å². The maximum Gasteiger partial charge on any atom is 0.227 e. The van der Waals surface area contributed by atoms with Gasteiger partial charge in [-0.3, -0.25) is 0 Å². The Balaban J connectivity index is 1.15. The quantitative estimate of drug-likeness (QED) is 0.173. The third-order valence-electron chi connectivity index (χ3n) is 10.3. The van der Waals surface area contributed by atoms with E-state index in [1.165, 1.54) is 0 Å². The minimum Gasteiger partial charge on any atom is -0.456 e. The molecule has 0 aliphatic rings. The summed E-state index contributed by atoms with van der Waals surface area (Å²) in [7, 11) is 0. The second kappa shape index (κ2) is 12.1. The number of rotatable bonds is 6. The summed E-state index contributed by atoms with van der Waals surface area (Å²) in [5.41, 5.74) is 12.8. The number of hydrogen-bond acceptors (Lipinski definition) is 5. The van der Waals surface area contributed by atoms with Crippen LogP contribution >= 0.6 is 0 Å². The molecule has 3 aromatic heterocycles. The second-order valence-corrected chi connectivity index (χ2v) is 13.5. The van der Waals surface area contributed by atoms with Crippen LogP contribution in [0.15, 0.2) is 195 Å². The van der Waals surface area contributed by atoms with Gasteiger partial charge in [0.2, 0.25) is 5.89 Å². The van der Waals surface area contributed by atoms with Crippen molar-refractivity contribution in [1.29, 1.82) is 0 Å². The van der Waals surface area contributed by atoms with Gasteiger partial charge in [0, 0.05) is 38.5 Å². The van der Waals surface area contributed by atoms with Gasteiger partial charge in [0.25, 0.3) is 0 Å². The van der Waals surface area contributed by atoms with E-state index < -0.39 is 0 Å². The third-order valence-corrected chi connectivity index (χ3v) is 10.3. The summed E-state index contributed by atoms with van der Waals surface area (Å²) >= 11 is 0. The van der Waals surface area contributed by atoms with Gasteiger partial charge in [-0.25, -0.2) is 4.98 Å². The van der Waals surface area contributed by atoms with Crippen LogP contribution in [0.25, 0.3) is 88.7 Å². The average Bonchev–Trinajstić information content (AvgIpc) is 3.95. The molecule has 5 nitrogen and oxygen atoms in total. The lowest BCUT2D eigenvalue weighted by Gasteiger charge is -2.26. The minimum atomic E-state index is 0.555. The Morgan fingerprint density at radius 3 is 1.69 bits per heavy atom. The maximum atomic E-state index is 6.76. The smallest absolute Gasteiger partial charge is 0.227 e. The topological polar surface area (TPSA) is 55.6 Å². The highest BCUT2D eigenvalue weighted by Crippen LogP contribution is 2.48. The monoisotopic (exact) mass is 694 g/mol. The maximum absolute atomic E-state index is 6.76. The lowest BCUT2D eigenvalue weighted by atomic mass is 9.99. The zero-order valence-corrected chi connectivity index (χ0v) is 28.9. The largest absolute Gasteiger partial charge is 0.456 e. The van der Waals surface area contributed by atoms with Crippen LogP contribution in [0.4, 0.5) is 17.1 Å². The number of furan rings is 2. The molecule has 5 heteroatoms. The summed E-state index contributed by atoms with van der Waals surface area (Å²) in [6.07, 6.45) is 0. The van der Waals surface area contributed by atoms with Crippen molar-refractivity contribution in [3.63, 3.8) is 0 Å². The molecule has 3 heterocycles. The van der Waals surface area contributed by atoms with Crippen molar-refractivity contribution in [3.05, 3.63) is 182 Å². The molecule has 0 saturated heterocycles. The molecule has 0 atom stereocenters. The van der Waals surface area contributed by atoms with Gasteiger partial charge in [-0.15, -0.1) is 0 Å². The summed E-state index contributed by atoms with van der Waals surface area (Å²) in [6.45, 7) is 0. The van der Waals surface area contributed by atoms with E-state index in [4.69, 9.17) is 18.2 Å². The molecule has 0 amide bonds. The zero-order chi connectivity index (χ0) is 35.6. The lowest BCUT2D eigenvalue weighted by molar-refractivity contribution is 0.620. The van der Waals surface area contributed by atoms with E-state index in [9.17, 15) is 0 Å². The van der Waals surface area contributed by atoms with Crippen molar-refractivity contribution in [2.45, 2.75) is 0 Å². The normalized spacial score (nSPS) is 11.7. The number of aromatic nitrogens is 1. The first-order chi connectivity index (χ1) is 26.8. The number of hydrogen-bond donors (Lipinski definition) is 0. The molecule has 0 spiro atoms. The van der Waals surface area contributed by atoms with E-state index in [1.54, 1.807) is 0 Å². The number of benzene rings is 8. The number of fused-ring (bicyclic) bond motifs is 7. The first kappa shape index (κ1) is 30.3. The summed E-state index contributed by atoms with van der Waals surface area (Å²) in [5, 5.41) is 4.19. The van der Waals surface area contributed by atoms with Crippen LogP contribution in [0.3, 0.4) is 0 Å². The van der Waals surface area contributed by atoms with Gasteiger partial charge in [-0.05, 0) is 82.9 Å². The fourth-order valence-electron chi connectivity index (χ4n) is 7.78. The van der Waals surface area contributed by atoms with Crippen molar-refractivity contribution in [3.8, 4) is 33.7 Å². The predicted molar refractivity (Wildman–Crippen MR) is 220 cm³/mol. The predicted octanol–water partition coefficient (Wildman–Crippen LogP) is 14.1. The number of oxazole rings is 1. The molecule has 0 unspecified atom stereocenters. The average molecular weight is 695 g/mol. The van der Waals surface area contributed by atoms with Crippen LogP contribution in [-0.4, -0.2) is 4.98 Å². The first-order valence-corrected chi connectivity index (χ1v) is 18.0. The van der Waals surface area contributed by atoms with Gasteiger partial charge < -0.3 is 18.2 Å². The highest BCUT2D eigenvalue weighted by Gasteiger charge is 2.26. The Hall–Kier alpha value is -7.37. The third kappa shape index (κ3) is 4.83. The molecule has 11 rings (SSSR count). The van der Waals surface area contributed by atoms with Gasteiger partial charge in [-0.1, -0.05) is 121 Å². The molecule has 54 heavy (non-hydrogen) atoms. The van der Waals surface area contributed by atoms with Gasteiger partial charge in [0.05, 0.1) is 0 Å². The Labute approximate surface area is 309 Å². The molecule has 254 valence electrons. The van der Waals surface area contributed by atoms with Gasteiger partial charge in [0.15, 0.2) is 11.2 Å². The Morgan fingerprint density at radius 2 is 0.963 bits per heavy atom. The summed E-state index contributed by atoms with van der Waals surface area (Å²) in [4.78, 5) is 7.43. The first-order valence-electron chi connectivity index (χ1n) is 18.0. The fraction of sp³-hybridized carbons (Fsp3) is 0. The molecule has 11 aromatic rings. The summed E-state index contributed by atoms with van der Waals surface area (Å²) < 4.78 is 19.6. The highest BCUT2D eigenvalue weighted by atomic mass is 16.4. The van der Waals surface area contributed by atoms with E-state index in [0.29, 0.717) is 17.0 Å². The SMILES string of the molecule is c1ccc(-c2ccc(N(c3ccc(-c4cccc5oc6ccccc6c45)cc3)c3c4nc(-c5ccccc5)oc4cc4c3oc3ccccc34)cc2)cc1. The molecule has 0 radical (unpaired) electrons. The fourth-order valence-corrected chi connectivity index (χ4v) is 7.78. The Kier molecular flexibility index (Phi) is 6.79. The molecule has 0 aliphatic carbocycles. The van der Waals surface area contributed by atoms with Gasteiger partial charge >= 0.3 is 0 Å². The van der Waals surface area contributed by atoms with Crippen molar-refractivity contribution >= 4 is 72.0 Å². The molecule has 8 aromatic carbocycles. The van der Waals surface area contributed by atoms with Crippen molar-refractivity contribution in [1.82, 2.24) is 4.98 Å². The molecular formula is C49H30N2O3. The van der Waals surface area contributed by atoms with Gasteiger partial charge in [0.1, 0.15) is 28.0 Å². The summed E-state index contributed by atoms with van der Waals surface area (Å²) in [5.74, 6) is 0.555. The molecule has 0 saturated carbocycles. The van der Waals surface area contributed by atoms with E-state index in [0.717, 1.165) is 88.8 Å². The van der Waals surface area contributed by atoms with Crippen LogP contribution in [0, 0.1) is 0 Å². The molecular weight excluding hydrogens is 665 g/mol. The molecule has 0 aliphatic heterocycles. The minimum absolute atomic E-state index is 0.555. The molecule has 0 bridgehead atoms. The number of para-hydroxylation sites is 2. The molecule has 0 fully saturated rings. The second-order valence-electron chi connectivity index (χ2n) is 13.5. The van der Waals surface area contributed by atoms with Crippen LogP contribution in [0.2, 0.25) is 0 Å². The molecule has 0 N–H and O–H groups in total. The number of nitrogens with zero attached hydrogens (tertiary/aromatic N) is 2. The van der Waals surface area contributed by atoms with E-state index in [-0.39, 0.29) is 0 Å². The van der Waals surface area contributed by atoms with E-state index in [2.05, 4.69) is 114 Å². The van der Waals surface area contributed by atoms with Crippen LogP contribution < -0.4 is 4.90 Å². The Bertz CT molecular complexity index is 3140. The Morgan fingerprint density at radius 1 is 0.389 bits per heavy atom. The number of anilines is 3. The highest BCUT2D eigenvalue weighted by molar-refractivity contribution is 6.18. The van der Waals surface area contributed by atoms with Crippen molar-refractivity contribution < 1.29 is 13.3 Å². The van der Waals surface area contributed by atoms with Crippen LogP contribution in [-0.2, 0) is 0 Å². The lowest BCUT2D eigenvalue weighted by Crippen LogP contribution is -2.11. The van der Waals surface area contributed by atoms with Crippen LogP contribution in [0.1, 0.15) is 0 Å². The van der Waals surface area contributed by atoms with Crippen LogP contribution in [0.5, 0.6) is 0 Å². The van der Waals surface area contributed by atoms with E-state index in [1.807, 2.05) is 72.8 Å².